The largest absolute Gasteiger partial charge is 0.481 e. The van der Waals surface area contributed by atoms with E-state index in [2.05, 4.69) is 0 Å². The second-order valence-electron chi connectivity index (χ2n) is 7.54. The van der Waals surface area contributed by atoms with Crippen LogP contribution in [0.5, 0.6) is 0 Å². The zero-order valence-corrected chi connectivity index (χ0v) is 17.4. The van der Waals surface area contributed by atoms with Crippen molar-refractivity contribution in [3.63, 3.8) is 0 Å². The second-order valence-corrected chi connectivity index (χ2v) is 7.54. The molecule has 0 fully saturated rings. The fourth-order valence-electron chi connectivity index (χ4n) is 3.45. The summed E-state index contributed by atoms with van der Waals surface area (Å²) in [6, 6.07) is 19.3. The molecule has 0 saturated carbocycles. The lowest BCUT2D eigenvalue weighted by Gasteiger charge is -2.10. The Labute approximate surface area is 177 Å². The summed E-state index contributed by atoms with van der Waals surface area (Å²) in [4.78, 5) is 24.1. The number of ketones is 1. The number of carboxylic acid groups (broad SMARTS) is 1. The van der Waals surface area contributed by atoms with Crippen molar-refractivity contribution >= 4 is 17.8 Å². The zero-order chi connectivity index (χ0) is 21.5. The molecule has 0 spiro atoms. The monoisotopic (exact) mass is 401 g/mol. The Morgan fingerprint density at radius 1 is 1.07 bits per heavy atom. The first-order valence-corrected chi connectivity index (χ1v) is 10.2. The number of aryl methyl sites for hydroxylation is 1. The Kier molecular flexibility index (Phi) is 7.02. The van der Waals surface area contributed by atoms with Gasteiger partial charge in [0.05, 0.1) is 11.6 Å². The topological polar surface area (TPSA) is 59.3 Å². The molecule has 0 aliphatic carbocycles. The molecule has 0 radical (unpaired) electrons. The molecule has 1 N–H and O–H groups in total. The quantitative estimate of drug-likeness (QED) is 0.489. The van der Waals surface area contributed by atoms with Gasteiger partial charge in [-0.1, -0.05) is 73.2 Å². The molecule has 154 valence electrons. The van der Waals surface area contributed by atoms with Crippen LogP contribution >= 0.6 is 0 Å². The first-order valence-electron chi connectivity index (χ1n) is 10.2. The van der Waals surface area contributed by atoms with Gasteiger partial charge in [-0.2, -0.15) is 0 Å². The highest BCUT2D eigenvalue weighted by molar-refractivity contribution is 6.08. The van der Waals surface area contributed by atoms with Crippen LogP contribution in [-0.4, -0.2) is 21.4 Å². The molecular formula is C26H27NO3. The number of carboxylic acids is 1. The Bertz CT molecular complexity index is 1040. The van der Waals surface area contributed by atoms with E-state index in [1.165, 1.54) is 0 Å². The van der Waals surface area contributed by atoms with E-state index in [0.29, 0.717) is 30.6 Å². The number of carbonyl (C=O) groups excluding carboxylic acids is 1. The SMILES string of the molecule is CCC(Cc1cccc(C=CCn2cccc2C(=O)c2ccc(C)cc2)c1)C(=O)O. The molecule has 3 rings (SSSR count). The maximum absolute atomic E-state index is 12.8. The van der Waals surface area contributed by atoms with Crippen molar-refractivity contribution in [3.8, 4) is 0 Å². The Balaban J connectivity index is 1.69. The van der Waals surface area contributed by atoms with Gasteiger partial charge < -0.3 is 9.67 Å². The van der Waals surface area contributed by atoms with Crippen molar-refractivity contribution in [2.75, 3.05) is 0 Å². The van der Waals surface area contributed by atoms with Crippen LogP contribution in [0.25, 0.3) is 6.08 Å². The highest BCUT2D eigenvalue weighted by Gasteiger charge is 2.15. The van der Waals surface area contributed by atoms with E-state index in [1.54, 1.807) is 0 Å². The van der Waals surface area contributed by atoms with Gasteiger partial charge in [0.2, 0.25) is 5.78 Å². The molecule has 0 aliphatic rings. The molecule has 0 saturated heterocycles. The third-order valence-electron chi connectivity index (χ3n) is 5.26. The minimum atomic E-state index is -0.753. The summed E-state index contributed by atoms with van der Waals surface area (Å²) < 4.78 is 1.93. The summed E-state index contributed by atoms with van der Waals surface area (Å²) in [6.07, 6.45) is 7.06. The zero-order valence-electron chi connectivity index (χ0n) is 17.4. The molecule has 1 unspecified atom stereocenters. The Hall–Kier alpha value is -3.40. The number of aliphatic carboxylic acids is 1. The summed E-state index contributed by atoms with van der Waals surface area (Å²) in [5, 5.41) is 9.27. The molecule has 1 aromatic heterocycles. The van der Waals surface area contributed by atoms with Gasteiger partial charge >= 0.3 is 5.97 Å². The lowest BCUT2D eigenvalue weighted by molar-refractivity contribution is -0.141. The Morgan fingerprint density at radius 2 is 1.83 bits per heavy atom. The van der Waals surface area contributed by atoms with E-state index in [4.69, 9.17) is 0 Å². The van der Waals surface area contributed by atoms with Crippen molar-refractivity contribution in [2.24, 2.45) is 5.92 Å². The predicted octanol–water partition coefficient (Wildman–Crippen LogP) is 5.39. The van der Waals surface area contributed by atoms with Gasteiger partial charge in [0.1, 0.15) is 0 Å². The van der Waals surface area contributed by atoms with Gasteiger partial charge in [-0.15, -0.1) is 0 Å². The number of carbonyl (C=O) groups is 2. The van der Waals surface area contributed by atoms with Crippen molar-refractivity contribution in [2.45, 2.75) is 33.2 Å². The normalized spacial score (nSPS) is 12.2. The number of hydrogen-bond acceptors (Lipinski definition) is 2. The summed E-state index contributed by atoms with van der Waals surface area (Å²) in [6.45, 7) is 4.48. The summed E-state index contributed by atoms with van der Waals surface area (Å²) in [5.74, 6) is -1.11. The maximum atomic E-state index is 12.8. The third-order valence-corrected chi connectivity index (χ3v) is 5.26. The van der Waals surface area contributed by atoms with Gasteiger partial charge in [-0.05, 0) is 43.0 Å². The molecular weight excluding hydrogens is 374 g/mol. The maximum Gasteiger partial charge on any atom is 0.306 e. The molecule has 1 atom stereocenters. The number of aromatic nitrogens is 1. The highest BCUT2D eigenvalue weighted by Crippen LogP contribution is 2.16. The lowest BCUT2D eigenvalue weighted by atomic mass is 9.96. The highest BCUT2D eigenvalue weighted by atomic mass is 16.4. The third kappa shape index (κ3) is 5.35. The molecule has 4 heteroatoms. The van der Waals surface area contributed by atoms with E-state index in [1.807, 2.05) is 97.4 Å². The van der Waals surface area contributed by atoms with E-state index in [-0.39, 0.29) is 11.7 Å². The van der Waals surface area contributed by atoms with Crippen molar-refractivity contribution in [1.82, 2.24) is 4.57 Å². The van der Waals surface area contributed by atoms with E-state index >= 15 is 0 Å². The number of hydrogen-bond donors (Lipinski definition) is 1. The van der Waals surface area contributed by atoms with Crippen LogP contribution < -0.4 is 0 Å². The smallest absolute Gasteiger partial charge is 0.306 e. The molecule has 0 bridgehead atoms. The van der Waals surface area contributed by atoms with Gasteiger partial charge in [0.25, 0.3) is 0 Å². The van der Waals surface area contributed by atoms with E-state index in [0.717, 1.165) is 16.7 Å². The standard InChI is InChI=1S/C26H27NO3/c1-3-22(26(29)30)18-21-8-4-7-20(17-21)9-5-15-27-16-6-10-24(27)25(28)23-13-11-19(2)12-14-23/h4-14,16-17,22H,3,15,18H2,1-2H3,(H,29,30). The van der Waals surface area contributed by atoms with Crippen LogP contribution in [0.2, 0.25) is 0 Å². The first-order chi connectivity index (χ1) is 14.5. The van der Waals surface area contributed by atoms with Crippen LogP contribution in [-0.2, 0) is 17.8 Å². The van der Waals surface area contributed by atoms with Gasteiger partial charge in [-0.25, -0.2) is 0 Å². The van der Waals surface area contributed by atoms with Crippen molar-refractivity contribution < 1.29 is 14.7 Å². The number of rotatable bonds is 9. The van der Waals surface area contributed by atoms with Gasteiger partial charge in [0, 0.05) is 18.3 Å². The molecule has 0 aliphatic heterocycles. The number of allylic oxidation sites excluding steroid dienone is 1. The summed E-state index contributed by atoms with van der Waals surface area (Å²) >= 11 is 0. The van der Waals surface area contributed by atoms with Crippen LogP contribution in [0.1, 0.15) is 46.1 Å². The van der Waals surface area contributed by atoms with Crippen LogP contribution in [0.4, 0.5) is 0 Å². The fraction of sp³-hybridized carbons (Fsp3) is 0.231. The van der Waals surface area contributed by atoms with Crippen molar-refractivity contribution in [3.05, 3.63) is 101 Å². The first kappa shape index (κ1) is 21.3. The average molecular weight is 402 g/mol. The number of nitrogens with zero attached hydrogens (tertiary/aromatic N) is 1. The van der Waals surface area contributed by atoms with Gasteiger partial charge in [0.15, 0.2) is 0 Å². The molecule has 0 amide bonds. The molecule has 1 heterocycles. The summed E-state index contributed by atoms with van der Waals surface area (Å²) in [7, 11) is 0. The summed E-state index contributed by atoms with van der Waals surface area (Å²) in [5.41, 5.74) is 4.50. The fourth-order valence-corrected chi connectivity index (χ4v) is 3.45. The van der Waals surface area contributed by atoms with E-state index in [9.17, 15) is 14.7 Å². The average Bonchev–Trinajstić information content (AvgIpc) is 3.20. The molecule has 4 nitrogen and oxygen atoms in total. The second kappa shape index (κ2) is 9.88. The molecule has 3 aromatic rings. The van der Waals surface area contributed by atoms with E-state index < -0.39 is 5.97 Å². The molecule has 30 heavy (non-hydrogen) atoms. The minimum Gasteiger partial charge on any atom is -0.481 e. The van der Waals surface area contributed by atoms with Crippen LogP contribution in [0.15, 0.2) is 72.9 Å². The van der Waals surface area contributed by atoms with Crippen LogP contribution in [0.3, 0.4) is 0 Å². The minimum absolute atomic E-state index is 0.00896. The van der Waals surface area contributed by atoms with Crippen LogP contribution in [0, 0.1) is 12.8 Å². The molecule has 2 aromatic carbocycles. The predicted molar refractivity (Wildman–Crippen MR) is 120 cm³/mol. The lowest BCUT2D eigenvalue weighted by Crippen LogP contribution is -2.15. The Morgan fingerprint density at radius 3 is 2.53 bits per heavy atom. The van der Waals surface area contributed by atoms with Crippen molar-refractivity contribution in [1.29, 1.82) is 0 Å². The van der Waals surface area contributed by atoms with Gasteiger partial charge in [-0.3, -0.25) is 9.59 Å². The number of benzene rings is 2.